The van der Waals surface area contributed by atoms with E-state index in [1.165, 1.54) is 16.4 Å². The number of thioether (sulfide) groups is 1. The Morgan fingerprint density at radius 3 is 2.52 bits per heavy atom. The van der Waals surface area contributed by atoms with Crippen LogP contribution in [0.5, 0.6) is 0 Å². The van der Waals surface area contributed by atoms with Crippen LogP contribution in [0.25, 0.3) is 0 Å². The Kier molecular flexibility index (Phi) is 6.85. The standard InChI is InChI=1S/C20H21N5O3S/c1-2-28-19(27)15-8-10-16(11-9-15)22-18(26)13-29-20-24-23-17(25(20)21)12-14-6-4-3-5-7-14/h3-11H,2,12-13,21H2,1H3,(H,22,26). The molecule has 3 rings (SSSR count). The summed E-state index contributed by atoms with van der Waals surface area (Å²) in [6, 6.07) is 16.3. The molecule has 0 aliphatic heterocycles. The van der Waals surface area contributed by atoms with Crippen molar-refractivity contribution in [2.24, 2.45) is 0 Å². The maximum Gasteiger partial charge on any atom is 0.338 e. The average molecular weight is 411 g/mol. The summed E-state index contributed by atoms with van der Waals surface area (Å²) >= 11 is 1.20. The first kappa shape index (κ1) is 20.4. The molecule has 3 N–H and O–H groups in total. The lowest BCUT2D eigenvalue weighted by atomic mass is 10.1. The van der Waals surface area contributed by atoms with Crippen molar-refractivity contribution < 1.29 is 14.3 Å². The molecule has 0 bridgehead atoms. The molecule has 1 heterocycles. The molecule has 0 aliphatic carbocycles. The van der Waals surface area contributed by atoms with Gasteiger partial charge in [0, 0.05) is 12.1 Å². The van der Waals surface area contributed by atoms with Crippen molar-refractivity contribution in [3.8, 4) is 0 Å². The SMILES string of the molecule is CCOC(=O)c1ccc(NC(=O)CSc2nnc(Cc3ccccc3)n2N)cc1. The van der Waals surface area contributed by atoms with Gasteiger partial charge >= 0.3 is 5.97 Å². The predicted octanol–water partition coefficient (Wildman–Crippen LogP) is 2.49. The number of nitrogens with zero attached hydrogens (tertiary/aromatic N) is 3. The first-order chi connectivity index (χ1) is 14.1. The van der Waals surface area contributed by atoms with E-state index in [4.69, 9.17) is 10.6 Å². The third kappa shape index (κ3) is 5.58. The molecule has 8 nitrogen and oxygen atoms in total. The highest BCUT2D eigenvalue weighted by molar-refractivity contribution is 7.99. The van der Waals surface area contributed by atoms with E-state index >= 15 is 0 Å². The van der Waals surface area contributed by atoms with Crippen molar-refractivity contribution in [3.63, 3.8) is 0 Å². The van der Waals surface area contributed by atoms with Crippen LogP contribution in [0.4, 0.5) is 5.69 Å². The highest BCUT2D eigenvalue weighted by atomic mass is 32.2. The molecule has 0 saturated heterocycles. The highest BCUT2D eigenvalue weighted by Crippen LogP contribution is 2.17. The van der Waals surface area contributed by atoms with Gasteiger partial charge in [-0.05, 0) is 36.8 Å². The van der Waals surface area contributed by atoms with Crippen molar-refractivity contribution in [3.05, 3.63) is 71.5 Å². The number of hydrogen-bond donors (Lipinski definition) is 2. The molecule has 2 aromatic carbocycles. The Morgan fingerprint density at radius 2 is 1.83 bits per heavy atom. The van der Waals surface area contributed by atoms with Gasteiger partial charge in [0.2, 0.25) is 11.1 Å². The molecule has 9 heteroatoms. The van der Waals surface area contributed by atoms with Crippen LogP contribution < -0.4 is 11.2 Å². The van der Waals surface area contributed by atoms with Crippen LogP contribution in [0.3, 0.4) is 0 Å². The molecule has 1 amide bonds. The van der Waals surface area contributed by atoms with E-state index in [9.17, 15) is 9.59 Å². The molecule has 0 saturated carbocycles. The fraction of sp³-hybridized carbons (Fsp3) is 0.200. The molecule has 0 aliphatic rings. The van der Waals surface area contributed by atoms with Crippen LogP contribution in [0.1, 0.15) is 28.7 Å². The zero-order valence-electron chi connectivity index (χ0n) is 15.9. The highest BCUT2D eigenvalue weighted by Gasteiger charge is 2.13. The fourth-order valence-electron chi connectivity index (χ4n) is 2.54. The first-order valence-electron chi connectivity index (χ1n) is 9.00. The van der Waals surface area contributed by atoms with E-state index in [1.807, 2.05) is 30.3 Å². The van der Waals surface area contributed by atoms with Gasteiger partial charge in [0.25, 0.3) is 0 Å². The van der Waals surface area contributed by atoms with E-state index in [1.54, 1.807) is 31.2 Å². The average Bonchev–Trinajstić information content (AvgIpc) is 3.07. The number of ether oxygens (including phenoxy) is 1. The van der Waals surface area contributed by atoms with Gasteiger partial charge in [-0.2, -0.15) is 0 Å². The van der Waals surface area contributed by atoms with Gasteiger partial charge in [-0.25, -0.2) is 9.47 Å². The summed E-state index contributed by atoms with van der Waals surface area (Å²) in [5, 5.41) is 11.4. The molecule has 150 valence electrons. The van der Waals surface area contributed by atoms with Crippen molar-refractivity contribution in [1.82, 2.24) is 14.9 Å². The predicted molar refractivity (Wildman–Crippen MR) is 111 cm³/mol. The summed E-state index contributed by atoms with van der Waals surface area (Å²) in [5.74, 6) is 6.19. The van der Waals surface area contributed by atoms with Gasteiger partial charge in [0.05, 0.1) is 17.9 Å². The van der Waals surface area contributed by atoms with Gasteiger partial charge in [0.1, 0.15) is 0 Å². The normalized spacial score (nSPS) is 10.5. The number of aromatic nitrogens is 3. The van der Waals surface area contributed by atoms with E-state index in [0.29, 0.717) is 35.3 Å². The Bertz CT molecular complexity index is 974. The minimum absolute atomic E-state index is 0.125. The molecule has 0 spiro atoms. The Balaban J connectivity index is 1.52. The van der Waals surface area contributed by atoms with Crippen LogP contribution in [-0.4, -0.2) is 39.1 Å². The molecular weight excluding hydrogens is 390 g/mol. The summed E-state index contributed by atoms with van der Waals surface area (Å²) < 4.78 is 6.33. The molecule has 29 heavy (non-hydrogen) atoms. The number of esters is 1. The number of nitrogens with two attached hydrogens (primary N) is 1. The monoisotopic (exact) mass is 411 g/mol. The summed E-state index contributed by atoms with van der Waals surface area (Å²) in [5.41, 5.74) is 2.09. The third-order valence-electron chi connectivity index (χ3n) is 3.95. The molecule has 0 fully saturated rings. The zero-order valence-corrected chi connectivity index (χ0v) is 16.7. The number of amides is 1. The quantitative estimate of drug-likeness (QED) is 0.333. The topological polar surface area (TPSA) is 112 Å². The number of nitrogens with one attached hydrogen (secondary N) is 1. The number of benzene rings is 2. The zero-order chi connectivity index (χ0) is 20.6. The van der Waals surface area contributed by atoms with E-state index in [0.717, 1.165) is 5.56 Å². The minimum Gasteiger partial charge on any atom is -0.462 e. The minimum atomic E-state index is -0.394. The van der Waals surface area contributed by atoms with Crippen LogP contribution in [0.2, 0.25) is 0 Å². The fourth-order valence-corrected chi connectivity index (χ4v) is 3.21. The maximum atomic E-state index is 12.2. The number of hydrogen-bond acceptors (Lipinski definition) is 7. The van der Waals surface area contributed by atoms with Gasteiger partial charge in [-0.15, -0.1) is 10.2 Å². The number of anilines is 1. The third-order valence-corrected chi connectivity index (χ3v) is 4.90. The lowest BCUT2D eigenvalue weighted by molar-refractivity contribution is -0.113. The smallest absolute Gasteiger partial charge is 0.338 e. The van der Waals surface area contributed by atoms with Crippen molar-refractivity contribution in [2.45, 2.75) is 18.5 Å². The largest absolute Gasteiger partial charge is 0.462 e. The number of rotatable bonds is 8. The van der Waals surface area contributed by atoms with E-state index in [-0.39, 0.29) is 11.7 Å². The van der Waals surface area contributed by atoms with Crippen LogP contribution in [0, 0.1) is 0 Å². The second-order valence-electron chi connectivity index (χ2n) is 6.07. The molecular formula is C20H21N5O3S. The van der Waals surface area contributed by atoms with Crippen molar-refractivity contribution >= 4 is 29.3 Å². The maximum absolute atomic E-state index is 12.2. The molecule has 3 aromatic rings. The van der Waals surface area contributed by atoms with Gasteiger partial charge in [-0.3, -0.25) is 4.79 Å². The summed E-state index contributed by atoms with van der Waals surface area (Å²) in [6.45, 7) is 2.06. The Morgan fingerprint density at radius 1 is 1.10 bits per heavy atom. The van der Waals surface area contributed by atoms with Crippen LogP contribution >= 0.6 is 11.8 Å². The first-order valence-corrected chi connectivity index (χ1v) is 9.98. The number of carbonyl (C=O) groups excluding carboxylic acids is 2. The summed E-state index contributed by atoms with van der Waals surface area (Å²) in [7, 11) is 0. The molecule has 1 aromatic heterocycles. The summed E-state index contributed by atoms with van der Waals surface area (Å²) in [4.78, 5) is 23.8. The Hall–Kier alpha value is -3.33. The second kappa shape index (κ2) is 9.74. The van der Waals surface area contributed by atoms with Gasteiger partial charge < -0.3 is 15.9 Å². The van der Waals surface area contributed by atoms with E-state index in [2.05, 4.69) is 15.5 Å². The van der Waals surface area contributed by atoms with Gasteiger partial charge in [-0.1, -0.05) is 42.1 Å². The number of nitrogen functional groups attached to an aromatic ring is 1. The second-order valence-corrected chi connectivity index (χ2v) is 7.01. The van der Waals surface area contributed by atoms with Gasteiger partial charge in [0.15, 0.2) is 5.82 Å². The van der Waals surface area contributed by atoms with E-state index < -0.39 is 5.97 Å². The summed E-state index contributed by atoms with van der Waals surface area (Å²) in [6.07, 6.45) is 0.559. The molecule has 0 unspecified atom stereocenters. The van der Waals surface area contributed by atoms with Crippen molar-refractivity contribution in [1.29, 1.82) is 0 Å². The van der Waals surface area contributed by atoms with Crippen LogP contribution in [0.15, 0.2) is 59.8 Å². The van der Waals surface area contributed by atoms with Crippen LogP contribution in [-0.2, 0) is 16.0 Å². The molecule has 0 atom stereocenters. The lowest BCUT2D eigenvalue weighted by Gasteiger charge is -2.07. The lowest BCUT2D eigenvalue weighted by Crippen LogP contribution is -2.17. The number of carbonyl (C=O) groups is 2. The molecule has 0 radical (unpaired) electrons. The Labute approximate surface area is 172 Å². The van der Waals surface area contributed by atoms with Crippen molar-refractivity contribution in [2.75, 3.05) is 23.5 Å².